The van der Waals surface area contributed by atoms with E-state index in [1.165, 1.54) is 6.42 Å². The van der Waals surface area contributed by atoms with Crippen LogP contribution in [0.15, 0.2) is 12.7 Å². The SMILES string of the molecule is C=CC1CC1(CO[Si](C)(C)C(C)(C)C)CO[Si](C)(C)C(C)(C)C. The molecule has 2 nitrogen and oxygen atoms in total. The summed E-state index contributed by atoms with van der Waals surface area (Å²) in [6.45, 7) is 28.8. The van der Waals surface area contributed by atoms with E-state index in [0.717, 1.165) is 13.2 Å². The van der Waals surface area contributed by atoms with E-state index in [0.29, 0.717) is 5.92 Å². The molecular formula is C19H40O2Si2. The van der Waals surface area contributed by atoms with Crippen LogP contribution < -0.4 is 0 Å². The van der Waals surface area contributed by atoms with E-state index in [1.54, 1.807) is 0 Å². The fourth-order valence-electron chi connectivity index (χ4n) is 2.17. The van der Waals surface area contributed by atoms with Gasteiger partial charge in [-0.2, -0.15) is 0 Å². The first-order valence-corrected chi connectivity index (χ1v) is 14.8. The first-order valence-electron chi connectivity index (χ1n) is 8.98. The highest BCUT2D eigenvalue weighted by molar-refractivity contribution is 6.74. The summed E-state index contributed by atoms with van der Waals surface area (Å²) >= 11 is 0. The molecule has 1 rings (SSSR count). The molecule has 0 radical (unpaired) electrons. The summed E-state index contributed by atoms with van der Waals surface area (Å²) in [7, 11) is -3.41. The van der Waals surface area contributed by atoms with Crippen LogP contribution in [0.3, 0.4) is 0 Å². The number of hydrogen-bond donors (Lipinski definition) is 0. The second-order valence-corrected chi connectivity index (χ2v) is 20.1. The van der Waals surface area contributed by atoms with Crippen LogP contribution in [-0.4, -0.2) is 29.8 Å². The van der Waals surface area contributed by atoms with Crippen LogP contribution in [0.2, 0.25) is 36.3 Å². The van der Waals surface area contributed by atoms with E-state index in [2.05, 4.69) is 80.4 Å². The number of allylic oxidation sites excluding steroid dienone is 1. The predicted octanol–water partition coefficient (Wildman–Crippen LogP) is 6.22. The Kier molecular flexibility index (Phi) is 5.91. The van der Waals surface area contributed by atoms with Gasteiger partial charge in [0.05, 0.1) is 0 Å². The van der Waals surface area contributed by atoms with Gasteiger partial charge in [0.1, 0.15) is 0 Å². The van der Waals surface area contributed by atoms with Crippen molar-refractivity contribution in [3.8, 4) is 0 Å². The van der Waals surface area contributed by atoms with Crippen molar-refractivity contribution in [3.05, 3.63) is 12.7 Å². The molecule has 0 bridgehead atoms. The van der Waals surface area contributed by atoms with Gasteiger partial charge in [-0.05, 0) is 48.6 Å². The van der Waals surface area contributed by atoms with E-state index in [-0.39, 0.29) is 15.5 Å². The van der Waals surface area contributed by atoms with Gasteiger partial charge in [0, 0.05) is 18.6 Å². The zero-order chi connectivity index (χ0) is 18.3. The van der Waals surface area contributed by atoms with Crippen LogP contribution in [0, 0.1) is 11.3 Å². The summed E-state index contributed by atoms with van der Waals surface area (Å²) in [5.41, 5.74) is 0.173. The molecule has 0 spiro atoms. The average Bonchev–Trinajstić information content (AvgIpc) is 3.06. The van der Waals surface area contributed by atoms with Gasteiger partial charge in [-0.25, -0.2) is 0 Å². The normalized spacial score (nSPS) is 22.1. The highest BCUT2D eigenvalue weighted by Crippen LogP contribution is 2.55. The van der Waals surface area contributed by atoms with Crippen LogP contribution in [0.1, 0.15) is 48.0 Å². The molecule has 136 valence electrons. The summed E-state index contributed by atoms with van der Waals surface area (Å²) in [4.78, 5) is 0. The van der Waals surface area contributed by atoms with E-state index in [1.807, 2.05) is 0 Å². The molecule has 4 heteroatoms. The quantitative estimate of drug-likeness (QED) is 0.398. The summed E-state index contributed by atoms with van der Waals surface area (Å²) in [5.74, 6) is 0.553. The lowest BCUT2D eigenvalue weighted by Crippen LogP contribution is -2.45. The van der Waals surface area contributed by atoms with Crippen molar-refractivity contribution in [1.82, 2.24) is 0 Å². The second-order valence-electron chi connectivity index (χ2n) is 10.5. The minimum absolute atomic E-state index is 0.173. The molecule has 1 unspecified atom stereocenters. The van der Waals surface area contributed by atoms with Crippen LogP contribution in [-0.2, 0) is 8.85 Å². The smallest absolute Gasteiger partial charge is 0.192 e. The topological polar surface area (TPSA) is 18.5 Å². The highest BCUT2D eigenvalue weighted by atomic mass is 28.4. The Bertz CT molecular complexity index is 398. The molecule has 1 aliphatic carbocycles. The second kappa shape index (κ2) is 6.43. The Morgan fingerprint density at radius 1 is 0.913 bits per heavy atom. The molecule has 0 saturated heterocycles. The average molecular weight is 357 g/mol. The van der Waals surface area contributed by atoms with Gasteiger partial charge in [-0.15, -0.1) is 6.58 Å². The van der Waals surface area contributed by atoms with E-state index in [9.17, 15) is 0 Å². The van der Waals surface area contributed by atoms with Crippen molar-refractivity contribution in [3.63, 3.8) is 0 Å². The molecule has 0 aliphatic heterocycles. The maximum atomic E-state index is 6.53. The number of hydrogen-bond acceptors (Lipinski definition) is 2. The minimum atomic E-state index is -1.71. The molecule has 1 saturated carbocycles. The highest BCUT2D eigenvalue weighted by Gasteiger charge is 2.55. The monoisotopic (exact) mass is 356 g/mol. The van der Waals surface area contributed by atoms with E-state index >= 15 is 0 Å². The van der Waals surface area contributed by atoms with Crippen molar-refractivity contribution in [2.75, 3.05) is 13.2 Å². The molecule has 0 aromatic rings. The Morgan fingerprint density at radius 2 is 1.26 bits per heavy atom. The van der Waals surface area contributed by atoms with Crippen molar-refractivity contribution in [2.45, 2.75) is 84.2 Å². The van der Waals surface area contributed by atoms with Crippen molar-refractivity contribution >= 4 is 16.6 Å². The standard InChI is InChI=1S/C19H40O2Si2/c1-12-16-13-19(16,14-20-22(8,9)17(2,3)4)15-21-23(10,11)18(5,6)7/h12,16H,1,13-15H2,2-11H3. The van der Waals surface area contributed by atoms with Gasteiger partial charge in [0.15, 0.2) is 16.6 Å². The zero-order valence-corrected chi connectivity index (χ0v) is 19.3. The molecule has 0 aromatic heterocycles. The van der Waals surface area contributed by atoms with Gasteiger partial charge < -0.3 is 8.85 Å². The fourth-order valence-corrected chi connectivity index (χ4v) is 4.33. The summed E-state index contributed by atoms with van der Waals surface area (Å²) in [5, 5.41) is 0.514. The summed E-state index contributed by atoms with van der Waals surface area (Å²) in [6.07, 6.45) is 3.27. The zero-order valence-electron chi connectivity index (χ0n) is 17.3. The Hall–Kier alpha value is 0.0938. The molecule has 1 atom stereocenters. The fraction of sp³-hybridized carbons (Fsp3) is 0.895. The van der Waals surface area contributed by atoms with Gasteiger partial charge in [-0.3, -0.25) is 0 Å². The molecule has 0 aromatic carbocycles. The molecular weight excluding hydrogens is 316 g/mol. The van der Waals surface area contributed by atoms with Crippen LogP contribution in [0.25, 0.3) is 0 Å². The largest absolute Gasteiger partial charge is 0.416 e. The maximum absolute atomic E-state index is 6.53. The Balaban J connectivity index is 2.74. The lowest BCUT2D eigenvalue weighted by atomic mass is 10.1. The van der Waals surface area contributed by atoms with Gasteiger partial charge in [0.25, 0.3) is 0 Å². The van der Waals surface area contributed by atoms with Crippen molar-refractivity contribution in [2.24, 2.45) is 11.3 Å². The van der Waals surface area contributed by atoms with Crippen molar-refractivity contribution in [1.29, 1.82) is 0 Å². The number of rotatable bonds is 7. The van der Waals surface area contributed by atoms with Crippen molar-refractivity contribution < 1.29 is 8.85 Å². The third-order valence-electron chi connectivity index (χ3n) is 6.59. The maximum Gasteiger partial charge on any atom is 0.192 e. The Labute approximate surface area is 147 Å². The lowest BCUT2D eigenvalue weighted by Gasteiger charge is -2.40. The minimum Gasteiger partial charge on any atom is -0.416 e. The van der Waals surface area contributed by atoms with E-state index < -0.39 is 16.6 Å². The van der Waals surface area contributed by atoms with Gasteiger partial charge in [0.2, 0.25) is 0 Å². The van der Waals surface area contributed by atoms with E-state index in [4.69, 9.17) is 8.85 Å². The molecule has 0 heterocycles. The summed E-state index contributed by atoms with van der Waals surface area (Å²) in [6, 6.07) is 0. The summed E-state index contributed by atoms with van der Waals surface area (Å²) < 4.78 is 13.1. The molecule has 1 aliphatic rings. The predicted molar refractivity (Wildman–Crippen MR) is 107 cm³/mol. The van der Waals surface area contributed by atoms with Crippen LogP contribution in [0.4, 0.5) is 0 Å². The molecule has 23 heavy (non-hydrogen) atoms. The van der Waals surface area contributed by atoms with Crippen LogP contribution in [0.5, 0.6) is 0 Å². The third kappa shape index (κ3) is 4.80. The molecule has 1 fully saturated rings. The van der Waals surface area contributed by atoms with Gasteiger partial charge >= 0.3 is 0 Å². The third-order valence-corrected chi connectivity index (χ3v) is 15.5. The lowest BCUT2D eigenvalue weighted by molar-refractivity contribution is 0.135. The van der Waals surface area contributed by atoms with Gasteiger partial charge in [-0.1, -0.05) is 47.6 Å². The first-order chi connectivity index (χ1) is 10.1. The molecule has 0 N–H and O–H groups in total. The molecule has 0 amide bonds. The Morgan fingerprint density at radius 3 is 1.48 bits per heavy atom. The first kappa shape index (κ1) is 21.1. The van der Waals surface area contributed by atoms with Crippen LogP contribution >= 0.6 is 0 Å².